The van der Waals surface area contributed by atoms with Gasteiger partial charge in [-0.1, -0.05) is 20.8 Å². The summed E-state index contributed by atoms with van der Waals surface area (Å²) < 4.78 is 42.2. The molecule has 5 heteroatoms. The maximum absolute atomic E-state index is 12.1. The summed E-state index contributed by atoms with van der Waals surface area (Å²) in [5.74, 6) is 1.05. The Kier molecular flexibility index (Phi) is 7.30. The van der Waals surface area contributed by atoms with E-state index in [4.69, 9.17) is 4.74 Å². The van der Waals surface area contributed by atoms with E-state index in [0.717, 1.165) is 25.8 Å². The van der Waals surface area contributed by atoms with Gasteiger partial charge in [0.05, 0.1) is 6.10 Å². The van der Waals surface area contributed by atoms with Crippen LogP contribution >= 0.6 is 0 Å². The van der Waals surface area contributed by atoms with E-state index in [1.165, 1.54) is 0 Å². The van der Waals surface area contributed by atoms with Crippen molar-refractivity contribution in [2.24, 2.45) is 11.8 Å². The van der Waals surface area contributed by atoms with E-state index < -0.39 is 12.6 Å². The number of nitrogens with one attached hydrogen (secondary N) is 1. The first kappa shape index (κ1) is 17.8. The van der Waals surface area contributed by atoms with Crippen LogP contribution in [0.15, 0.2) is 0 Å². The highest BCUT2D eigenvalue weighted by Crippen LogP contribution is 2.31. The number of alkyl halides is 3. The van der Waals surface area contributed by atoms with E-state index in [-0.39, 0.29) is 25.2 Å². The van der Waals surface area contributed by atoms with Gasteiger partial charge < -0.3 is 10.1 Å². The second kappa shape index (κ2) is 8.23. The fourth-order valence-electron chi connectivity index (χ4n) is 3.13. The highest BCUT2D eigenvalue weighted by Gasteiger charge is 2.34. The first-order valence-electron chi connectivity index (χ1n) is 7.75. The van der Waals surface area contributed by atoms with Crippen LogP contribution in [-0.4, -0.2) is 31.5 Å². The summed E-state index contributed by atoms with van der Waals surface area (Å²) in [6.45, 7) is 7.63. The molecule has 1 aliphatic rings. The van der Waals surface area contributed by atoms with Crippen molar-refractivity contribution in [3.63, 3.8) is 0 Å². The van der Waals surface area contributed by atoms with Crippen LogP contribution < -0.4 is 5.32 Å². The Balaban J connectivity index is 2.41. The molecule has 1 aliphatic carbocycles. The quantitative estimate of drug-likeness (QED) is 0.712. The Morgan fingerprint density at radius 3 is 2.50 bits per heavy atom. The third-order valence-electron chi connectivity index (χ3n) is 3.96. The van der Waals surface area contributed by atoms with E-state index in [0.29, 0.717) is 11.8 Å². The van der Waals surface area contributed by atoms with Gasteiger partial charge in [0.25, 0.3) is 0 Å². The summed E-state index contributed by atoms with van der Waals surface area (Å²) in [5.41, 5.74) is 0. The van der Waals surface area contributed by atoms with Crippen LogP contribution in [0.4, 0.5) is 13.2 Å². The first-order valence-corrected chi connectivity index (χ1v) is 7.75. The van der Waals surface area contributed by atoms with Crippen molar-refractivity contribution in [1.82, 2.24) is 5.32 Å². The molecular weight excluding hydrogens is 267 g/mol. The van der Waals surface area contributed by atoms with Crippen LogP contribution in [-0.2, 0) is 4.74 Å². The van der Waals surface area contributed by atoms with E-state index in [2.05, 4.69) is 26.1 Å². The minimum absolute atomic E-state index is 0.0472. The number of ether oxygens (including phenoxy) is 1. The van der Waals surface area contributed by atoms with Crippen molar-refractivity contribution in [3.05, 3.63) is 0 Å². The van der Waals surface area contributed by atoms with Crippen molar-refractivity contribution in [2.45, 2.75) is 71.2 Å². The molecule has 120 valence electrons. The Labute approximate surface area is 120 Å². The van der Waals surface area contributed by atoms with Gasteiger partial charge in [0, 0.05) is 19.1 Å². The van der Waals surface area contributed by atoms with Crippen molar-refractivity contribution in [3.8, 4) is 0 Å². The van der Waals surface area contributed by atoms with Crippen molar-refractivity contribution in [1.29, 1.82) is 0 Å². The Morgan fingerprint density at radius 2 is 1.90 bits per heavy atom. The zero-order valence-corrected chi connectivity index (χ0v) is 12.8. The lowest BCUT2D eigenvalue weighted by molar-refractivity contribution is -0.140. The van der Waals surface area contributed by atoms with Crippen LogP contribution in [0, 0.1) is 11.8 Å². The summed E-state index contributed by atoms with van der Waals surface area (Å²) in [7, 11) is 0. The van der Waals surface area contributed by atoms with Gasteiger partial charge in [-0.15, -0.1) is 0 Å². The van der Waals surface area contributed by atoms with Crippen LogP contribution in [0.25, 0.3) is 0 Å². The second-order valence-electron chi connectivity index (χ2n) is 6.17. The number of hydrogen-bond donors (Lipinski definition) is 1. The van der Waals surface area contributed by atoms with Crippen LogP contribution in [0.5, 0.6) is 0 Å². The third kappa shape index (κ3) is 6.44. The average molecular weight is 295 g/mol. The van der Waals surface area contributed by atoms with Crippen LogP contribution in [0.2, 0.25) is 0 Å². The zero-order chi connectivity index (χ0) is 15.2. The fraction of sp³-hybridized carbons (Fsp3) is 1.00. The molecule has 0 saturated heterocycles. The lowest BCUT2D eigenvalue weighted by Crippen LogP contribution is -2.49. The third-order valence-corrected chi connectivity index (χ3v) is 3.96. The van der Waals surface area contributed by atoms with E-state index in [1.54, 1.807) is 0 Å². The van der Waals surface area contributed by atoms with Crippen molar-refractivity contribution in [2.75, 3.05) is 13.2 Å². The maximum atomic E-state index is 12.1. The van der Waals surface area contributed by atoms with Gasteiger partial charge in [0.2, 0.25) is 0 Å². The van der Waals surface area contributed by atoms with Gasteiger partial charge in [-0.25, -0.2) is 0 Å². The van der Waals surface area contributed by atoms with Gasteiger partial charge in [-0.2, -0.15) is 13.2 Å². The van der Waals surface area contributed by atoms with Gasteiger partial charge in [-0.3, -0.25) is 0 Å². The predicted molar refractivity (Wildman–Crippen MR) is 74.7 cm³/mol. The zero-order valence-electron chi connectivity index (χ0n) is 12.8. The van der Waals surface area contributed by atoms with E-state index in [9.17, 15) is 13.2 Å². The molecule has 0 aliphatic heterocycles. The number of hydrogen-bond acceptors (Lipinski definition) is 2. The SMILES string of the molecule is CCCNC1CC(C)CC(C)C1OCCCC(F)(F)F. The molecule has 4 atom stereocenters. The largest absolute Gasteiger partial charge is 0.389 e. The number of halogens is 3. The fourth-order valence-corrected chi connectivity index (χ4v) is 3.13. The van der Waals surface area contributed by atoms with Crippen LogP contribution in [0.3, 0.4) is 0 Å². The molecule has 1 rings (SSSR count). The van der Waals surface area contributed by atoms with E-state index in [1.807, 2.05) is 0 Å². The van der Waals surface area contributed by atoms with E-state index >= 15 is 0 Å². The highest BCUT2D eigenvalue weighted by atomic mass is 19.4. The Hall–Kier alpha value is -0.290. The molecule has 0 amide bonds. The molecule has 4 unspecified atom stereocenters. The molecule has 0 bridgehead atoms. The normalized spacial score (nSPS) is 31.5. The lowest BCUT2D eigenvalue weighted by Gasteiger charge is -2.40. The second-order valence-corrected chi connectivity index (χ2v) is 6.17. The molecule has 1 fully saturated rings. The first-order chi connectivity index (χ1) is 9.33. The van der Waals surface area contributed by atoms with Gasteiger partial charge in [-0.05, 0) is 44.1 Å². The molecular formula is C15H28F3NO. The Morgan fingerprint density at radius 1 is 1.20 bits per heavy atom. The van der Waals surface area contributed by atoms with Crippen LogP contribution in [0.1, 0.15) is 52.9 Å². The van der Waals surface area contributed by atoms with Crippen molar-refractivity contribution < 1.29 is 17.9 Å². The summed E-state index contributed by atoms with van der Waals surface area (Å²) in [5, 5.41) is 3.49. The molecule has 0 aromatic heterocycles. The summed E-state index contributed by atoms with van der Waals surface area (Å²) in [4.78, 5) is 0. The smallest absolute Gasteiger partial charge is 0.376 e. The molecule has 1 N–H and O–H groups in total. The van der Waals surface area contributed by atoms with Gasteiger partial charge >= 0.3 is 6.18 Å². The summed E-state index contributed by atoms with van der Waals surface area (Å²) >= 11 is 0. The average Bonchev–Trinajstić information content (AvgIpc) is 2.32. The lowest BCUT2D eigenvalue weighted by atomic mass is 9.78. The molecule has 0 heterocycles. The maximum Gasteiger partial charge on any atom is 0.389 e. The molecule has 0 aromatic carbocycles. The molecule has 2 nitrogen and oxygen atoms in total. The minimum atomic E-state index is -4.07. The molecule has 0 radical (unpaired) electrons. The minimum Gasteiger partial charge on any atom is -0.376 e. The standard InChI is InChI=1S/C15H28F3NO/c1-4-7-19-13-10-11(2)9-12(3)14(13)20-8-5-6-15(16,17)18/h11-14,19H,4-10H2,1-3H3. The predicted octanol–water partition coefficient (Wildman–Crippen LogP) is 4.15. The van der Waals surface area contributed by atoms with Crippen molar-refractivity contribution >= 4 is 0 Å². The highest BCUT2D eigenvalue weighted by molar-refractivity contribution is 4.88. The summed E-state index contributed by atoms with van der Waals surface area (Å²) in [6.07, 6.45) is -1.52. The molecule has 0 aromatic rings. The van der Waals surface area contributed by atoms with Gasteiger partial charge in [0.15, 0.2) is 0 Å². The Bertz CT molecular complexity index is 270. The molecule has 1 saturated carbocycles. The topological polar surface area (TPSA) is 21.3 Å². The summed E-state index contributed by atoms with van der Waals surface area (Å²) in [6, 6.07) is 0.277. The number of rotatable bonds is 7. The van der Waals surface area contributed by atoms with Gasteiger partial charge in [0.1, 0.15) is 0 Å². The molecule has 0 spiro atoms. The molecule has 20 heavy (non-hydrogen) atoms. The monoisotopic (exact) mass is 295 g/mol.